The molecule has 1 aliphatic rings. The van der Waals surface area contributed by atoms with E-state index in [1.807, 2.05) is 30.5 Å². The maximum Gasteiger partial charge on any atom is 0.213 e. The van der Waals surface area contributed by atoms with Crippen LogP contribution in [0.3, 0.4) is 0 Å². The topological polar surface area (TPSA) is 41.5 Å². The minimum atomic E-state index is 0.686. The Balaban J connectivity index is 1.49. The minimum absolute atomic E-state index is 0.686. The number of hydrogen-bond donors (Lipinski definition) is 0. The van der Waals surface area contributed by atoms with Crippen LogP contribution in [0.2, 0.25) is 0 Å². The summed E-state index contributed by atoms with van der Waals surface area (Å²) in [6, 6.07) is 12.0. The van der Waals surface area contributed by atoms with Crippen molar-refractivity contribution in [3.8, 4) is 5.88 Å². The molecule has 0 aliphatic carbocycles. The van der Waals surface area contributed by atoms with Gasteiger partial charge in [0, 0.05) is 51.5 Å². The maximum atomic E-state index is 5.18. The fourth-order valence-corrected chi connectivity index (χ4v) is 2.71. The monoisotopic (exact) mass is 298 g/mol. The molecule has 0 saturated carbocycles. The summed E-state index contributed by atoms with van der Waals surface area (Å²) in [5.74, 6) is 0.686. The molecule has 5 heteroatoms. The van der Waals surface area contributed by atoms with Crippen LogP contribution in [0.4, 0.5) is 0 Å². The van der Waals surface area contributed by atoms with Crippen molar-refractivity contribution in [2.45, 2.75) is 13.1 Å². The van der Waals surface area contributed by atoms with E-state index in [1.54, 1.807) is 7.11 Å². The van der Waals surface area contributed by atoms with Gasteiger partial charge in [-0.3, -0.25) is 14.8 Å². The van der Waals surface area contributed by atoms with Gasteiger partial charge in [-0.15, -0.1) is 0 Å². The molecule has 0 aromatic carbocycles. The van der Waals surface area contributed by atoms with Crippen LogP contribution in [-0.4, -0.2) is 53.1 Å². The molecule has 2 aromatic heterocycles. The average molecular weight is 298 g/mol. The highest BCUT2D eigenvalue weighted by Gasteiger charge is 2.17. The van der Waals surface area contributed by atoms with Gasteiger partial charge in [-0.25, -0.2) is 4.98 Å². The highest BCUT2D eigenvalue weighted by atomic mass is 16.5. The molecule has 0 bridgehead atoms. The zero-order chi connectivity index (χ0) is 15.2. The van der Waals surface area contributed by atoms with E-state index < -0.39 is 0 Å². The molecule has 3 rings (SSSR count). The van der Waals surface area contributed by atoms with Crippen molar-refractivity contribution in [1.82, 2.24) is 19.8 Å². The van der Waals surface area contributed by atoms with Gasteiger partial charge in [-0.1, -0.05) is 12.1 Å². The van der Waals surface area contributed by atoms with E-state index in [4.69, 9.17) is 4.74 Å². The van der Waals surface area contributed by atoms with Crippen LogP contribution in [0.1, 0.15) is 11.4 Å². The quantitative estimate of drug-likeness (QED) is 0.842. The summed E-state index contributed by atoms with van der Waals surface area (Å²) in [7, 11) is 1.66. The lowest BCUT2D eigenvalue weighted by Gasteiger charge is -2.34. The molecule has 5 nitrogen and oxygen atoms in total. The average Bonchev–Trinajstić information content (AvgIpc) is 2.58. The summed E-state index contributed by atoms with van der Waals surface area (Å²) in [6.45, 7) is 6.08. The number of nitrogens with zero attached hydrogens (tertiary/aromatic N) is 4. The molecule has 0 unspecified atom stereocenters. The number of aromatic nitrogens is 2. The van der Waals surface area contributed by atoms with Crippen molar-refractivity contribution in [3.63, 3.8) is 0 Å². The molecular formula is C17H22N4O. The second-order valence-corrected chi connectivity index (χ2v) is 5.54. The Labute approximate surface area is 131 Å². The van der Waals surface area contributed by atoms with Crippen LogP contribution >= 0.6 is 0 Å². The second kappa shape index (κ2) is 7.33. The van der Waals surface area contributed by atoms with E-state index in [9.17, 15) is 0 Å². The molecule has 0 N–H and O–H groups in total. The van der Waals surface area contributed by atoms with Crippen LogP contribution in [0.15, 0.2) is 42.6 Å². The third-order valence-electron chi connectivity index (χ3n) is 3.95. The van der Waals surface area contributed by atoms with E-state index in [2.05, 4.69) is 31.9 Å². The van der Waals surface area contributed by atoms with Crippen molar-refractivity contribution in [1.29, 1.82) is 0 Å². The van der Waals surface area contributed by atoms with E-state index >= 15 is 0 Å². The Hall–Kier alpha value is -1.98. The molecule has 1 fully saturated rings. The van der Waals surface area contributed by atoms with E-state index in [-0.39, 0.29) is 0 Å². The molecule has 1 saturated heterocycles. The molecule has 0 atom stereocenters. The second-order valence-electron chi connectivity index (χ2n) is 5.54. The molecule has 0 amide bonds. The normalized spacial score (nSPS) is 16.6. The highest BCUT2D eigenvalue weighted by Crippen LogP contribution is 2.12. The number of methoxy groups -OCH3 is 1. The molecular weight excluding hydrogens is 276 g/mol. The van der Waals surface area contributed by atoms with Crippen molar-refractivity contribution in [2.75, 3.05) is 33.3 Å². The Kier molecular flexibility index (Phi) is 4.98. The van der Waals surface area contributed by atoms with Crippen molar-refractivity contribution < 1.29 is 4.74 Å². The van der Waals surface area contributed by atoms with Gasteiger partial charge in [0.1, 0.15) is 0 Å². The fraction of sp³-hybridized carbons (Fsp3) is 0.412. The van der Waals surface area contributed by atoms with Gasteiger partial charge in [-0.2, -0.15) is 0 Å². The van der Waals surface area contributed by atoms with Gasteiger partial charge >= 0.3 is 0 Å². The number of rotatable bonds is 5. The number of ether oxygens (including phenoxy) is 1. The maximum absolute atomic E-state index is 5.18. The third kappa shape index (κ3) is 4.02. The SMILES string of the molecule is COc1cccc(CN2CCN(Cc3ccccn3)CC2)n1. The summed E-state index contributed by atoms with van der Waals surface area (Å²) in [4.78, 5) is 13.8. The largest absolute Gasteiger partial charge is 0.481 e. The van der Waals surface area contributed by atoms with Gasteiger partial charge in [0.25, 0.3) is 0 Å². The predicted molar refractivity (Wildman–Crippen MR) is 85.6 cm³/mol. The summed E-state index contributed by atoms with van der Waals surface area (Å²) in [5.41, 5.74) is 2.21. The first-order chi connectivity index (χ1) is 10.8. The van der Waals surface area contributed by atoms with Crippen LogP contribution in [-0.2, 0) is 13.1 Å². The lowest BCUT2D eigenvalue weighted by molar-refractivity contribution is 0.120. The van der Waals surface area contributed by atoms with Gasteiger partial charge in [0.15, 0.2) is 0 Å². The Morgan fingerprint density at radius 3 is 2.23 bits per heavy atom. The summed E-state index contributed by atoms with van der Waals surface area (Å²) < 4.78 is 5.18. The molecule has 22 heavy (non-hydrogen) atoms. The first-order valence-corrected chi connectivity index (χ1v) is 7.68. The molecule has 0 radical (unpaired) electrons. The molecule has 1 aliphatic heterocycles. The van der Waals surface area contributed by atoms with E-state index in [0.717, 1.165) is 50.7 Å². The molecule has 2 aromatic rings. The summed E-state index contributed by atoms with van der Waals surface area (Å²) in [6.07, 6.45) is 1.86. The van der Waals surface area contributed by atoms with Crippen molar-refractivity contribution in [2.24, 2.45) is 0 Å². The van der Waals surface area contributed by atoms with E-state index in [0.29, 0.717) is 5.88 Å². The Morgan fingerprint density at radius 1 is 0.909 bits per heavy atom. The van der Waals surface area contributed by atoms with Crippen LogP contribution in [0.5, 0.6) is 5.88 Å². The van der Waals surface area contributed by atoms with Crippen molar-refractivity contribution in [3.05, 3.63) is 54.0 Å². The zero-order valence-corrected chi connectivity index (χ0v) is 13.0. The molecule has 116 valence electrons. The standard InChI is InChI=1S/C17H22N4O/c1-22-17-7-4-6-16(19-17)14-21-11-9-20(10-12-21)13-15-5-2-3-8-18-15/h2-8H,9-14H2,1H3. The lowest BCUT2D eigenvalue weighted by atomic mass is 10.2. The fourth-order valence-electron chi connectivity index (χ4n) is 2.71. The zero-order valence-electron chi connectivity index (χ0n) is 13.0. The van der Waals surface area contributed by atoms with Crippen LogP contribution < -0.4 is 4.74 Å². The number of hydrogen-bond acceptors (Lipinski definition) is 5. The number of piperazine rings is 1. The van der Waals surface area contributed by atoms with Crippen molar-refractivity contribution >= 4 is 0 Å². The summed E-state index contributed by atoms with van der Waals surface area (Å²) >= 11 is 0. The third-order valence-corrected chi connectivity index (χ3v) is 3.95. The number of pyridine rings is 2. The van der Waals surface area contributed by atoms with Gasteiger partial charge in [0.2, 0.25) is 5.88 Å². The van der Waals surface area contributed by atoms with Gasteiger partial charge < -0.3 is 4.74 Å². The van der Waals surface area contributed by atoms with E-state index in [1.165, 1.54) is 0 Å². The summed E-state index contributed by atoms with van der Waals surface area (Å²) in [5, 5.41) is 0. The lowest BCUT2D eigenvalue weighted by Crippen LogP contribution is -2.45. The predicted octanol–water partition coefficient (Wildman–Crippen LogP) is 1.80. The van der Waals surface area contributed by atoms with Crippen LogP contribution in [0, 0.1) is 0 Å². The first kappa shape index (κ1) is 14.9. The van der Waals surface area contributed by atoms with Gasteiger partial charge in [-0.05, 0) is 18.2 Å². The Morgan fingerprint density at radius 2 is 1.59 bits per heavy atom. The smallest absolute Gasteiger partial charge is 0.213 e. The minimum Gasteiger partial charge on any atom is -0.481 e. The Bertz CT molecular complexity index is 582. The van der Waals surface area contributed by atoms with Crippen LogP contribution in [0.25, 0.3) is 0 Å². The van der Waals surface area contributed by atoms with Gasteiger partial charge in [0.05, 0.1) is 18.5 Å². The molecule has 0 spiro atoms. The molecule has 3 heterocycles. The highest BCUT2D eigenvalue weighted by molar-refractivity contribution is 5.15. The first-order valence-electron chi connectivity index (χ1n) is 7.68.